The van der Waals surface area contributed by atoms with Gasteiger partial charge in [0.15, 0.2) is 0 Å². The Morgan fingerprint density at radius 2 is 2.12 bits per heavy atom. The van der Waals surface area contributed by atoms with Crippen molar-refractivity contribution in [3.8, 4) is 0 Å². The zero-order valence-electron chi connectivity index (χ0n) is 10.1. The van der Waals surface area contributed by atoms with Crippen molar-refractivity contribution in [1.29, 1.82) is 0 Å². The Morgan fingerprint density at radius 1 is 1.25 bits per heavy atom. The van der Waals surface area contributed by atoms with Gasteiger partial charge in [0, 0.05) is 18.7 Å². The summed E-state index contributed by atoms with van der Waals surface area (Å²) in [5, 5.41) is 0. The van der Waals surface area contributed by atoms with Crippen molar-refractivity contribution >= 4 is 0 Å². The number of ether oxygens (including phenoxy) is 1. The van der Waals surface area contributed by atoms with Gasteiger partial charge in [-0.15, -0.1) is 0 Å². The van der Waals surface area contributed by atoms with Crippen LogP contribution >= 0.6 is 0 Å². The lowest BCUT2D eigenvalue weighted by atomic mass is 9.94. The van der Waals surface area contributed by atoms with E-state index in [1.807, 2.05) is 0 Å². The van der Waals surface area contributed by atoms with Crippen molar-refractivity contribution in [3.05, 3.63) is 34.9 Å². The summed E-state index contributed by atoms with van der Waals surface area (Å²) in [6, 6.07) is 6.71. The lowest BCUT2D eigenvalue weighted by Gasteiger charge is -2.32. The molecular formula is C14H19NO. The number of rotatable bonds is 1. The Morgan fingerprint density at radius 3 is 3.00 bits per heavy atom. The van der Waals surface area contributed by atoms with Crippen LogP contribution < -0.4 is 0 Å². The summed E-state index contributed by atoms with van der Waals surface area (Å²) < 4.78 is 6.11. The minimum absolute atomic E-state index is 0.0872. The first-order chi connectivity index (χ1) is 7.72. The normalized spacial score (nSPS) is 29.6. The van der Waals surface area contributed by atoms with E-state index in [-0.39, 0.29) is 5.72 Å². The molecule has 2 aliphatic rings. The highest BCUT2D eigenvalue weighted by Crippen LogP contribution is 2.44. The van der Waals surface area contributed by atoms with E-state index in [4.69, 9.17) is 4.74 Å². The number of hydrogen-bond acceptors (Lipinski definition) is 2. The molecule has 0 amide bonds. The third kappa shape index (κ3) is 1.33. The molecule has 2 aliphatic heterocycles. The molecule has 2 saturated heterocycles. The highest BCUT2D eigenvalue weighted by atomic mass is 16.5. The Balaban J connectivity index is 2.11. The fraction of sp³-hybridized carbons (Fsp3) is 0.571. The first-order valence-electron chi connectivity index (χ1n) is 6.19. The summed E-state index contributed by atoms with van der Waals surface area (Å²) >= 11 is 0. The van der Waals surface area contributed by atoms with Gasteiger partial charge < -0.3 is 4.74 Å². The molecule has 0 saturated carbocycles. The Labute approximate surface area is 97.2 Å². The van der Waals surface area contributed by atoms with Crippen molar-refractivity contribution in [1.82, 2.24) is 4.90 Å². The molecule has 0 aliphatic carbocycles. The molecule has 1 aromatic carbocycles. The van der Waals surface area contributed by atoms with Gasteiger partial charge in [0.05, 0.1) is 6.61 Å². The van der Waals surface area contributed by atoms with E-state index >= 15 is 0 Å². The monoisotopic (exact) mass is 217 g/mol. The molecule has 1 unspecified atom stereocenters. The SMILES string of the molecule is Cc1ccc(C)c(C23CCCN2CCO3)c1. The maximum Gasteiger partial charge on any atom is 0.148 e. The van der Waals surface area contributed by atoms with Gasteiger partial charge in [-0.05, 0) is 32.3 Å². The summed E-state index contributed by atoms with van der Waals surface area (Å²) in [5.41, 5.74) is 4.00. The second-order valence-corrected chi connectivity index (χ2v) is 5.04. The van der Waals surface area contributed by atoms with Crippen LogP contribution in [0.3, 0.4) is 0 Å². The first-order valence-corrected chi connectivity index (χ1v) is 6.19. The standard InChI is InChI=1S/C14H19NO/c1-11-4-5-12(2)13(10-11)14-6-3-7-15(14)8-9-16-14/h4-5,10H,3,6-9H2,1-2H3. The fourth-order valence-corrected chi connectivity index (χ4v) is 3.17. The Hall–Kier alpha value is -0.860. The van der Waals surface area contributed by atoms with Gasteiger partial charge in [-0.2, -0.15) is 0 Å². The molecule has 0 bridgehead atoms. The summed E-state index contributed by atoms with van der Waals surface area (Å²) in [4.78, 5) is 2.51. The largest absolute Gasteiger partial charge is 0.355 e. The zero-order valence-corrected chi connectivity index (χ0v) is 10.1. The highest BCUT2D eigenvalue weighted by Gasteiger charge is 2.47. The van der Waals surface area contributed by atoms with E-state index in [1.54, 1.807) is 0 Å². The van der Waals surface area contributed by atoms with Gasteiger partial charge in [0.25, 0.3) is 0 Å². The first kappa shape index (κ1) is 10.3. The maximum atomic E-state index is 6.11. The van der Waals surface area contributed by atoms with E-state index < -0.39 is 0 Å². The van der Waals surface area contributed by atoms with Crippen molar-refractivity contribution < 1.29 is 4.74 Å². The van der Waals surface area contributed by atoms with Crippen LogP contribution in [-0.4, -0.2) is 24.6 Å². The quantitative estimate of drug-likeness (QED) is 0.717. The van der Waals surface area contributed by atoms with E-state index in [0.717, 1.165) is 19.6 Å². The smallest absolute Gasteiger partial charge is 0.148 e. The van der Waals surface area contributed by atoms with Crippen molar-refractivity contribution in [2.75, 3.05) is 19.7 Å². The average Bonchev–Trinajstić information content (AvgIpc) is 2.80. The van der Waals surface area contributed by atoms with E-state index in [2.05, 4.69) is 36.9 Å². The average molecular weight is 217 g/mol. The van der Waals surface area contributed by atoms with E-state index in [9.17, 15) is 0 Å². The summed E-state index contributed by atoms with van der Waals surface area (Å²) in [6.45, 7) is 7.52. The number of nitrogens with zero attached hydrogens (tertiary/aromatic N) is 1. The molecular weight excluding hydrogens is 198 g/mol. The third-order valence-electron chi connectivity index (χ3n) is 3.97. The predicted molar refractivity (Wildman–Crippen MR) is 64.4 cm³/mol. The van der Waals surface area contributed by atoms with Gasteiger partial charge in [0.1, 0.15) is 5.72 Å². The molecule has 1 aromatic rings. The predicted octanol–water partition coefficient (Wildman–Crippen LogP) is 2.58. The summed E-state index contributed by atoms with van der Waals surface area (Å²) in [6.07, 6.45) is 2.41. The van der Waals surface area contributed by atoms with Gasteiger partial charge in [-0.25, -0.2) is 0 Å². The molecule has 16 heavy (non-hydrogen) atoms. The maximum absolute atomic E-state index is 6.11. The van der Waals surface area contributed by atoms with Crippen LogP contribution in [0.1, 0.15) is 29.5 Å². The number of hydrogen-bond donors (Lipinski definition) is 0. The second kappa shape index (κ2) is 3.57. The number of benzene rings is 1. The van der Waals surface area contributed by atoms with Crippen molar-refractivity contribution in [2.24, 2.45) is 0 Å². The molecule has 86 valence electrons. The van der Waals surface area contributed by atoms with Crippen LogP contribution in [0.5, 0.6) is 0 Å². The summed E-state index contributed by atoms with van der Waals surface area (Å²) in [5.74, 6) is 0. The van der Waals surface area contributed by atoms with Crippen molar-refractivity contribution in [3.63, 3.8) is 0 Å². The minimum Gasteiger partial charge on any atom is -0.355 e. The van der Waals surface area contributed by atoms with E-state index in [0.29, 0.717) is 0 Å². The molecule has 0 spiro atoms. The Kier molecular flexibility index (Phi) is 2.30. The van der Waals surface area contributed by atoms with Gasteiger partial charge >= 0.3 is 0 Å². The van der Waals surface area contributed by atoms with Crippen LogP contribution in [0.25, 0.3) is 0 Å². The molecule has 2 fully saturated rings. The fourth-order valence-electron chi connectivity index (χ4n) is 3.17. The third-order valence-corrected chi connectivity index (χ3v) is 3.97. The molecule has 1 atom stereocenters. The molecule has 2 heteroatoms. The number of aryl methyl sites for hydroxylation is 2. The molecule has 2 nitrogen and oxygen atoms in total. The van der Waals surface area contributed by atoms with Crippen LogP contribution in [0.4, 0.5) is 0 Å². The molecule has 0 N–H and O–H groups in total. The molecule has 3 rings (SSSR count). The highest BCUT2D eigenvalue weighted by molar-refractivity contribution is 5.36. The van der Waals surface area contributed by atoms with E-state index in [1.165, 1.54) is 29.7 Å². The zero-order chi connectivity index (χ0) is 11.2. The lowest BCUT2D eigenvalue weighted by Crippen LogP contribution is -2.37. The van der Waals surface area contributed by atoms with Crippen LogP contribution in [-0.2, 0) is 10.5 Å². The number of fused-ring (bicyclic) bond motifs is 1. The van der Waals surface area contributed by atoms with Crippen LogP contribution in [0.15, 0.2) is 18.2 Å². The Bertz CT molecular complexity index is 403. The molecule has 0 radical (unpaired) electrons. The van der Waals surface area contributed by atoms with Gasteiger partial charge in [-0.3, -0.25) is 4.90 Å². The molecule has 0 aromatic heterocycles. The molecule has 2 heterocycles. The van der Waals surface area contributed by atoms with Gasteiger partial charge in [-0.1, -0.05) is 23.8 Å². The topological polar surface area (TPSA) is 12.5 Å². The van der Waals surface area contributed by atoms with Crippen LogP contribution in [0.2, 0.25) is 0 Å². The summed E-state index contributed by atoms with van der Waals surface area (Å²) in [7, 11) is 0. The van der Waals surface area contributed by atoms with Crippen LogP contribution in [0, 0.1) is 13.8 Å². The lowest BCUT2D eigenvalue weighted by molar-refractivity contribution is -0.0652. The van der Waals surface area contributed by atoms with Gasteiger partial charge in [0.2, 0.25) is 0 Å². The second-order valence-electron chi connectivity index (χ2n) is 5.04. The van der Waals surface area contributed by atoms with Crippen molar-refractivity contribution in [2.45, 2.75) is 32.4 Å². The minimum atomic E-state index is -0.0872.